The maximum absolute atomic E-state index is 11.5. The molecule has 2 amide bonds. The molecule has 17 heavy (non-hydrogen) atoms. The Bertz CT molecular complexity index is 347. The van der Waals surface area contributed by atoms with Crippen LogP contribution in [0.1, 0.15) is 12.8 Å². The number of nitrogens with zero attached hydrogens (tertiary/aromatic N) is 1. The van der Waals surface area contributed by atoms with E-state index in [4.69, 9.17) is 0 Å². The minimum atomic E-state index is -0.143. The second kappa shape index (κ2) is 6.25. The van der Waals surface area contributed by atoms with Crippen LogP contribution in [0.25, 0.3) is 0 Å². The summed E-state index contributed by atoms with van der Waals surface area (Å²) in [4.78, 5) is 13.9. The summed E-state index contributed by atoms with van der Waals surface area (Å²) >= 11 is 0. The quantitative estimate of drug-likeness (QED) is 0.830. The van der Waals surface area contributed by atoms with Crippen molar-refractivity contribution in [3.8, 4) is 0 Å². The van der Waals surface area contributed by atoms with Crippen molar-refractivity contribution in [2.45, 2.75) is 12.8 Å². The van der Waals surface area contributed by atoms with Crippen LogP contribution in [0.4, 0.5) is 10.5 Å². The molecule has 1 aliphatic heterocycles. The third-order valence-corrected chi connectivity index (χ3v) is 2.89. The van der Waals surface area contributed by atoms with Crippen LogP contribution in [-0.4, -0.2) is 37.1 Å². The molecule has 0 atom stereocenters. The molecule has 0 unspecified atom stereocenters. The zero-order chi connectivity index (χ0) is 11.9. The minimum absolute atomic E-state index is 0.143. The fraction of sp³-hybridized carbons (Fsp3) is 0.462. The van der Waals surface area contributed by atoms with Gasteiger partial charge in [-0.1, -0.05) is 12.1 Å². The van der Waals surface area contributed by atoms with Gasteiger partial charge in [0.05, 0.1) is 0 Å². The molecule has 1 radical (unpaired) electrons. The van der Waals surface area contributed by atoms with Crippen LogP contribution < -0.4 is 10.6 Å². The Hall–Kier alpha value is -1.55. The molecule has 2 N–H and O–H groups in total. The molecule has 1 saturated heterocycles. The topological polar surface area (TPSA) is 44.4 Å². The summed E-state index contributed by atoms with van der Waals surface area (Å²) in [5.74, 6) is 0. The van der Waals surface area contributed by atoms with Gasteiger partial charge in [-0.2, -0.15) is 0 Å². The highest BCUT2D eigenvalue weighted by atomic mass is 16.2. The van der Waals surface area contributed by atoms with Crippen molar-refractivity contribution in [3.63, 3.8) is 0 Å². The molecule has 1 fully saturated rings. The summed E-state index contributed by atoms with van der Waals surface area (Å²) in [7, 11) is 0. The molecule has 0 aliphatic carbocycles. The largest absolute Gasteiger partial charge is 0.337 e. The highest BCUT2D eigenvalue weighted by Gasteiger charge is 2.10. The van der Waals surface area contributed by atoms with E-state index >= 15 is 0 Å². The maximum atomic E-state index is 11.5. The summed E-state index contributed by atoms with van der Waals surface area (Å²) in [6.45, 7) is 3.97. The second-order valence-electron chi connectivity index (χ2n) is 4.22. The van der Waals surface area contributed by atoms with Crippen LogP contribution in [0, 0.1) is 6.07 Å². The zero-order valence-corrected chi connectivity index (χ0v) is 9.91. The lowest BCUT2D eigenvalue weighted by atomic mass is 10.3. The maximum Gasteiger partial charge on any atom is 0.319 e. The lowest BCUT2D eigenvalue weighted by molar-refractivity contribution is 0.249. The van der Waals surface area contributed by atoms with Crippen molar-refractivity contribution in [2.24, 2.45) is 0 Å². The Morgan fingerprint density at radius 3 is 2.71 bits per heavy atom. The van der Waals surface area contributed by atoms with Gasteiger partial charge in [-0.15, -0.1) is 0 Å². The molecule has 4 heteroatoms. The van der Waals surface area contributed by atoms with Gasteiger partial charge >= 0.3 is 6.03 Å². The van der Waals surface area contributed by atoms with E-state index in [-0.39, 0.29) is 6.03 Å². The van der Waals surface area contributed by atoms with Crippen molar-refractivity contribution in [2.75, 3.05) is 31.5 Å². The molecule has 0 aromatic heterocycles. The van der Waals surface area contributed by atoms with E-state index in [9.17, 15) is 4.79 Å². The number of hydrogen-bond donors (Lipinski definition) is 2. The van der Waals surface area contributed by atoms with Gasteiger partial charge in [0.25, 0.3) is 0 Å². The number of rotatable bonds is 4. The third-order valence-electron chi connectivity index (χ3n) is 2.89. The van der Waals surface area contributed by atoms with Crippen LogP contribution in [0.15, 0.2) is 24.3 Å². The van der Waals surface area contributed by atoms with E-state index in [0.717, 1.165) is 25.3 Å². The lowest BCUT2D eigenvalue weighted by Gasteiger charge is -2.14. The average Bonchev–Trinajstić information content (AvgIpc) is 2.83. The lowest BCUT2D eigenvalue weighted by Crippen LogP contribution is -2.35. The van der Waals surface area contributed by atoms with Gasteiger partial charge in [-0.05, 0) is 44.1 Å². The number of anilines is 1. The van der Waals surface area contributed by atoms with E-state index < -0.39 is 0 Å². The van der Waals surface area contributed by atoms with Gasteiger partial charge in [-0.25, -0.2) is 4.79 Å². The number of carbonyl (C=O) groups excluding carboxylic acids is 1. The van der Waals surface area contributed by atoms with Gasteiger partial charge in [-0.3, -0.25) is 0 Å². The molecule has 0 spiro atoms. The predicted octanol–water partition coefficient (Wildman–Crippen LogP) is 1.70. The average molecular weight is 232 g/mol. The van der Waals surface area contributed by atoms with Crippen LogP contribution in [-0.2, 0) is 0 Å². The van der Waals surface area contributed by atoms with Crippen molar-refractivity contribution in [3.05, 3.63) is 30.3 Å². The van der Waals surface area contributed by atoms with Gasteiger partial charge in [0.1, 0.15) is 0 Å². The zero-order valence-electron chi connectivity index (χ0n) is 9.91. The molecular weight excluding hydrogens is 214 g/mol. The van der Waals surface area contributed by atoms with Crippen molar-refractivity contribution in [1.29, 1.82) is 0 Å². The van der Waals surface area contributed by atoms with Crippen molar-refractivity contribution >= 4 is 11.7 Å². The highest BCUT2D eigenvalue weighted by Crippen LogP contribution is 2.06. The fourth-order valence-electron chi connectivity index (χ4n) is 1.98. The van der Waals surface area contributed by atoms with Gasteiger partial charge in [0.15, 0.2) is 0 Å². The van der Waals surface area contributed by atoms with E-state index in [1.54, 1.807) is 12.1 Å². The van der Waals surface area contributed by atoms with E-state index in [1.807, 2.05) is 12.1 Å². The molecule has 91 valence electrons. The number of amides is 2. The Morgan fingerprint density at radius 2 is 2.00 bits per heavy atom. The molecule has 4 nitrogen and oxygen atoms in total. The molecule has 0 bridgehead atoms. The second-order valence-corrected chi connectivity index (χ2v) is 4.22. The predicted molar refractivity (Wildman–Crippen MR) is 68.0 cm³/mol. The molecule has 1 heterocycles. The summed E-state index contributed by atoms with van der Waals surface area (Å²) < 4.78 is 0. The molecule has 0 saturated carbocycles. The number of benzene rings is 1. The normalized spacial score (nSPS) is 15.8. The SMILES string of the molecule is O=C(NCCN1CCCC1)Nc1cc[c]cc1. The van der Waals surface area contributed by atoms with Crippen LogP contribution in [0.2, 0.25) is 0 Å². The van der Waals surface area contributed by atoms with Gasteiger partial charge in [0.2, 0.25) is 0 Å². The molecular formula is C13H18N3O. The molecule has 1 aromatic rings. The Balaban J connectivity index is 1.64. The van der Waals surface area contributed by atoms with Gasteiger partial charge in [0, 0.05) is 18.8 Å². The number of urea groups is 1. The fourth-order valence-corrected chi connectivity index (χ4v) is 1.98. The third kappa shape index (κ3) is 4.07. The number of likely N-dealkylation sites (tertiary alicyclic amines) is 1. The van der Waals surface area contributed by atoms with Crippen LogP contribution in [0.5, 0.6) is 0 Å². The first kappa shape index (κ1) is 11.9. The molecule has 1 aromatic carbocycles. The monoisotopic (exact) mass is 232 g/mol. The first-order valence-corrected chi connectivity index (χ1v) is 6.08. The standard InChI is InChI=1S/C13H18N3O/c17-13(15-12-6-2-1-3-7-12)14-8-11-16-9-4-5-10-16/h2-3,6-7H,4-5,8-11H2,(H2,14,15,17). The van der Waals surface area contributed by atoms with Gasteiger partial charge < -0.3 is 15.5 Å². The van der Waals surface area contributed by atoms with E-state index in [2.05, 4.69) is 21.6 Å². The Labute approximate surface area is 102 Å². The first-order chi connectivity index (χ1) is 8.34. The van der Waals surface area contributed by atoms with Crippen molar-refractivity contribution in [1.82, 2.24) is 10.2 Å². The smallest absolute Gasteiger partial charge is 0.319 e. The number of hydrogen-bond acceptors (Lipinski definition) is 2. The van der Waals surface area contributed by atoms with Crippen LogP contribution in [0.3, 0.4) is 0 Å². The highest BCUT2D eigenvalue weighted by molar-refractivity contribution is 5.89. The summed E-state index contributed by atoms with van der Waals surface area (Å²) in [5, 5.41) is 5.63. The van der Waals surface area contributed by atoms with Crippen LogP contribution >= 0.6 is 0 Å². The summed E-state index contributed by atoms with van der Waals surface area (Å²) in [5.41, 5.74) is 0.794. The Kier molecular flexibility index (Phi) is 4.38. The molecule has 2 rings (SSSR count). The van der Waals surface area contributed by atoms with Crippen molar-refractivity contribution < 1.29 is 4.79 Å². The number of carbonyl (C=O) groups is 1. The van der Waals surface area contributed by atoms with E-state index in [0.29, 0.717) is 6.54 Å². The first-order valence-electron chi connectivity index (χ1n) is 6.08. The Morgan fingerprint density at radius 1 is 1.29 bits per heavy atom. The molecule has 1 aliphatic rings. The summed E-state index contributed by atoms with van der Waals surface area (Å²) in [6.07, 6.45) is 2.57. The number of nitrogens with one attached hydrogen (secondary N) is 2. The summed E-state index contributed by atoms with van der Waals surface area (Å²) in [6, 6.07) is 9.96. The minimum Gasteiger partial charge on any atom is -0.337 e. The van der Waals surface area contributed by atoms with E-state index in [1.165, 1.54) is 12.8 Å².